The van der Waals surface area contributed by atoms with Crippen molar-refractivity contribution in [2.24, 2.45) is 0 Å². The number of likely N-dealkylation sites (N-methyl/N-ethyl adjacent to an activating group) is 1. The number of nitrogens with two attached hydrogens (primary N) is 1. The van der Waals surface area contributed by atoms with Gasteiger partial charge in [-0.25, -0.2) is 8.42 Å². The Labute approximate surface area is 120 Å². The van der Waals surface area contributed by atoms with Crippen molar-refractivity contribution in [1.82, 2.24) is 4.90 Å². The van der Waals surface area contributed by atoms with Crippen LogP contribution in [0.3, 0.4) is 0 Å². The van der Waals surface area contributed by atoms with Gasteiger partial charge in [0.1, 0.15) is 28.3 Å². The van der Waals surface area contributed by atoms with Gasteiger partial charge < -0.3 is 20.5 Å². The van der Waals surface area contributed by atoms with Gasteiger partial charge in [0.05, 0.1) is 5.75 Å². The van der Waals surface area contributed by atoms with Crippen molar-refractivity contribution in [3.05, 3.63) is 24.3 Å². The molecule has 0 radical (unpaired) electrons. The van der Waals surface area contributed by atoms with Crippen LogP contribution in [-0.4, -0.2) is 63.3 Å². The fourth-order valence-corrected chi connectivity index (χ4v) is 2.27. The lowest BCUT2D eigenvalue weighted by Crippen LogP contribution is -2.35. The lowest BCUT2D eigenvalue weighted by molar-refractivity contribution is 0.0781. The first kappa shape index (κ1) is 16.7. The maximum Gasteiger partial charge on any atom is 0.148 e. The lowest BCUT2D eigenvalue weighted by Gasteiger charge is -2.20. The molecule has 6 nitrogen and oxygen atoms in total. The van der Waals surface area contributed by atoms with Crippen LogP contribution in [0.15, 0.2) is 24.3 Å². The number of ether oxygens (including phenoxy) is 1. The Morgan fingerprint density at radius 2 is 2.15 bits per heavy atom. The molecule has 0 saturated heterocycles. The summed E-state index contributed by atoms with van der Waals surface area (Å²) in [6.07, 6.45) is 0.501. The smallest absolute Gasteiger partial charge is 0.148 e. The van der Waals surface area contributed by atoms with E-state index < -0.39 is 15.9 Å². The predicted octanol–water partition coefficient (Wildman–Crippen LogP) is -0.0151. The van der Waals surface area contributed by atoms with Crippen molar-refractivity contribution in [3.63, 3.8) is 0 Å². The van der Waals surface area contributed by atoms with E-state index in [9.17, 15) is 13.5 Å². The molecule has 1 unspecified atom stereocenters. The number of nitrogens with zero attached hydrogens (tertiary/aromatic N) is 1. The molecular formula is C13H22N2O4S. The Morgan fingerprint density at radius 3 is 2.75 bits per heavy atom. The minimum atomic E-state index is -2.98. The maximum atomic E-state index is 11.0. The highest BCUT2D eigenvalue weighted by atomic mass is 32.2. The Hall–Kier alpha value is -1.31. The number of anilines is 1. The quantitative estimate of drug-likeness (QED) is 0.656. The molecule has 1 rings (SSSR count). The molecule has 0 spiro atoms. The SMILES string of the molecule is CN(CCS(C)(=O)=O)CC(O)COc1cccc(N)c1. The predicted molar refractivity (Wildman–Crippen MR) is 79.6 cm³/mol. The fraction of sp³-hybridized carbons (Fsp3) is 0.538. The molecular weight excluding hydrogens is 280 g/mol. The van der Waals surface area contributed by atoms with Gasteiger partial charge in [-0.15, -0.1) is 0 Å². The summed E-state index contributed by atoms with van der Waals surface area (Å²) in [6, 6.07) is 6.97. The van der Waals surface area contributed by atoms with Gasteiger partial charge in [-0.05, 0) is 19.2 Å². The summed E-state index contributed by atoms with van der Waals surface area (Å²) in [5, 5.41) is 9.83. The average molecular weight is 302 g/mol. The maximum absolute atomic E-state index is 11.0. The van der Waals surface area contributed by atoms with Crippen molar-refractivity contribution >= 4 is 15.5 Å². The molecule has 1 aromatic carbocycles. The lowest BCUT2D eigenvalue weighted by atomic mass is 10.3. The van der Waals surface area contributed by atoms with E-state index in [1.807, 2.05) is 0 Å². The van der Waals surface area contributed by atoms with Gasteiger partial charge in [0.25, 0.3) is 0 Å². The molecule has 0 fully saturated rings. The average Bonchev–Trinajstić information content (AvgIpc) is 2.33. The number of hydrogen-bond donors (Lipinski definition) is 2. The third kappa shape index (κ3) is 7.32. The van der Waals surface area contributed by atoms with Crippen LogP contribution in [0.25, 0.3) is 0 Å². The summed E-state index contributed by atoms with van der Waals surface area (Å²) in [7, 11) is -1.22. The zero-order chi connectivity index (χ0) is 15.2. The van der Waals surface area contributed by atoms with E-state index in [1.54, 1.807) is 36.2 Å². The molecule has 114 valence electrons. The first-order chi connectivity index (χ1) is 9.26. The molecule has 3 N–H and O–H groups in total. The molecule has 0 bridgehead atoms. The molecule has 7 heteroatoms. The van der Waals surface area contributed by atoms with E-state index in [0.29, 0.717) is 24.5 Å². The van der Waals surface area contributed by atoms with Gasteiger partial charge in [-0.2, -0.15) is 0 Å². The second-order valence-corrected chi connectivity index (χ2v) is 7.19. The van der Waals surface area contributed by atoms with Gasteiger partial charge in [0.2, 0.25) is 0 Å². The van der Waals surface area contributed by atoms with Crippen molar-refractivity contribution in [2.75, 3.05) is 44.5 Å². The topological polar surface area (TPSA) is 92.9 Å². The summed E-state index contributed by atoms with van der Waals surface area (Å²) in [4.78, 5) is 1.76. The van der Waals surface area contributed by atoms with Gasteiger partial charge in [0.15, 0.2) is 0 Å². The van der Waals surface area contributed by atoms with E-state index in [2.05, 4.69) is 0 Å². The molecule has 0 aliphatic rings. The van der Waals surface area contributed by atoms with E-state index >= 15 is 0 Å². The molecule has 1 atom stereocenters. The molecule has 1 aromatic rings. The second-order valence-electron chi connectivity index (χ2n) is 4.93. The largest absolute Gasteiger partial charge is 0.491 e. The highest BCUT2D eigenvalue weighted by Gasteiger charge is 2.11. The van der Waals surface area contributed by atoms with Crippen molar-refractivity contribution < 1.29 is 18.3 Å². The molecule has 0 saturated carbocycles. The van der Waals surface area contributed by atoms with Crippen LogP contribution in [0.5, 0.6) is 5.75 Å². The Balaban J connectivity index is 2.31. The van der Waals surface area contributed by atoms with Crippen molar-refractivity contribution in [2.45, 2.75) is 6.10 Å². The first-order valence-corrected chi connectivity index (χ1v) is 8.35. The first-order valence-electron chi connectivity index (χ1n) is 6.29. The number of sulfone groups is 1. The van der Waals surface area contributed by atoms with Crippen LogP contribution in [0, 0.1) is 0 Å². The molecule has 0 aliphatic heterocycles. The normalized spacial score (nSPS) is 13.4. The fourth-order valence-electron chi connectivity index (χ4n) is 1.62. The number of aliphatic hydroxyl groups excluding tert-OH is 1. The monoisotopic (exact) mass is 302 g/mol. The van der Waals surface area contributed by atoms with Crippen LogP contribution in [0.2, 0.25) is 0 Å². The Morgan fingerprint density at radius 1 is 1.45 bits per heavy atom. The van der Waals surface area contributed by atoms with E-state index in [1.165, 1.54) is 6.26 Å². The van der Waals surface area contributed by atoms with Crippen LogP contribution >= 0.6 is 0 Å². The third-order valence-corrected chi connectivity index (χ3v) is 3.59. The number of nitrogen functional groups attached to an aromatic ring is 1. The highest BCUT2D eigenvalue weighted by Crippen LogP contribution is 2.14. The number of aliphatic hydroxyl groups is 1. The minimum Gasteiger partial charge on any atom is -0.491 e. The molecule has 0 aromatic heterocycles. The van der Waals surface area contributed by atoms with E-state index in [4.69, 9.17) is 10.5 Å². The van der Waals surface area contributed by atoms with Crippen LogP contribution in [-0.2, 0) is 9.84 Å². The van der Waals surface area contributed by atoms with Gasteiger partial charge in [0, 0.05) is 31.1 Å². The molecule has 20 heavy (non-hydrogen) atoms. The minimum absolute atomic E-state index is 0.0757. The molecule has 0 aliphatic carbocycles. The van der Waals surface area contributed by atoms with Crippen molar-refractivity contribution in [3.8, 4) is 5.75 Å². The molecule has 0 heterocycles. The Bertz CT molecular complexity index is 519. The number of rotatable bonds is 8. The van der Waals surface area contributed by atoms with Crippen LogP contribution in [0.1, 0.15) is 0 Å². The number of benzene rings is 1. The second kappa shape index (κ2) is 7.47. The summed E-state index contributed by atoms with van der Waals surface area (Å²) >= 11 is 0. The standard InChI is InChI=1S/C13H22N2O4S/c1-15(6-7-20(2,17)18)9-12(16)10-19-13-5-3-4-11(14)8-13/h3-5,8,12,16H,6-7,9-10,14H2,1-2H3. The summed E-state index contributed by atoms with van der Waals surface area (Å²) < 4.78 is 27.5. The van der Waals surface area contributed by atoms with Crippen molar-refractivity contribution in [1.29, 1.82) is 0 Å². The zero-order valence-electron chi connectivity index (χ0n) is 11.8. The van der Waals surface area contributed by atoms with Crippen LogP contribution < -0.4 is 10.5 Å². The third-order valence-electron chi connectivity index (χ3n) is 2.67. The summed E-state index contributed by atoms with van der Waals surface area (Å²) in [5.74, 6) is 0.676. The molecule has 0 amide bonds. The Kier molecular flexibility index (Phi) is 6.25. The summed E-state index contributed by atoms with van der Waals surface area (Å²) in [5.41, 5.74) is 6.22. The van der Waals surface area contributed by atoms with Gasteiger partial charge in [-0.3, -0.25) is 0 Å². The highest BCUT2D eigenvalue weighted by molar-refractivity contribution is 7.90. The summed E-state index contributed by atoms with van der Waals surface area (Å²) in [6.45, 7) is 0.860. The number of hydrogen-bond acceptors (Lipinski definition) is 6. The zero-order valence-corrected chi connectivity index (χ0v) is 12.6. The van der Waals surface area contributed by atoms with E-state index in [-0.39, 0.29) is 12.4 Å². The van der Waals surface area contributed by atoms with E-state index in [0.717, 1.165) is 0 Å². The van der Waals surface area contributed by atoms with Crippen LogP contribution in [0.4, 0.5) is 5.69 Å². The van der Waals surface area contributed by atoms with Gasteiger partial charge in [-0.1, -0.05) is 6.07 Å². The van der Waals surface area contributed by atoms with Gasteiger partial charge >= 0.3 is 0 Å².